The van der Waals surface area contributed by atoms with Crippen LogP contribution in [0.1, 0.15) is 13.3 Å². The first-order valence-electron chi connectivity index (χ1n) is 5.74. The van der Waals surface area contributed by atoms with Gasteiger partial charge < -0.3 is 5.32 Å². The zero-order chi connectivity index (χ0) is 11.6. The van der Waals surface area contributed by atoms with E-state index in [9.17, 15) is 0 Å². The van der Waals surface area contributed by atoms with Crippen molar-refractivity contribution in [2.75, 3.05) is 25.1 Å². The van der Waals surface area contributed by atoms with Crippen molar-refractivity contribution in [2.24, 2.45) is 0 Å². The summed E-state index contributed by atoms with van der Waals surface area (Å²) in [5, 5.41) is 4.26. The number of hydrogen-bond donors (Lipinski definition) is 1. The third-order valence-corrected chi connectivity index (χ3v) is 4.47. The minimum Gasteiger partial charge on any atom is -0.316 e. The Morgan fingerprint density at radius 3 is 2.62 bits per heavy atom. The van der Waals surface area contributed by atoms with Crippen LogP contribution < -0.4 is 5.32 Å². The molecule has 0 saturated carbocycles. The van der Waals surface area contributed by atoms with Crippen LogP contribution in [-0.2, 0) is 0 Å². The molecule has 0 aromatic heterocycles. The Hall–Kier alpha value is -0.120. The van der Waals surface area contributed by atoms with Crippen molar-refractivity contribution >= 4 is 23.5 Å². The van der Waals surface area contributed by atoms with Crippen molar-refractivity contribution in [3.05, 3.63) is 30.3 Å². The lowest BCUT2D eigenvalue weighted by molar-refractivity contribution is 0.674. The van der Waals surface area contributed by atoms with Crippen molar-refractivity contribution < 1.29 is 0 Å². The summed E-state index contributed by atoms with van der Waals surface area (Å²) in [4.78, 5) is 1.36. The molecule has 0 bridgehead atoms. The Morgan fingerprint density at radius 2 is 1.94 bits per heavy atom. The summed E-state index contributed by atoms with van der Waals surface area (Å²) in [5.41, 5.74) is 0. The van der Waals surface area contributed by atoms with Crippen molar-refractivity contribution in [2.45, 2.75) is 23.5 Å². The fourth-order valence-electron chi connectivity index (χ4n) is 1.31. The van der Waals surface area contributed by atoms with E-state index in [4.69, 9.17) is 0 Å². The highest BCUT2D eigenvalue weighted by Gasteiger charge is 1.97. The molecule has 16 heavy (non-hydrogen) atoms. The minimum absolute atomic E-state index is 0.772. The van der Waals surface area contributed by atoms with Gasteiger partial charge in [0.05, 0.1) is 0 Å². The van der Waals surface area contributed by atoms with Crippen LogP contribution in [0.5, 0.6) is 0 Å². The quantitative estimate of drug-likeness (QED) is 0.564. The average Bonchev–Trinajstić information content (AvgIpc) is 2.34. The molecule has 0 amide bonds. The molecule has 1 nitrogen and oxygen atoms in total. The molecule has 0 fully saturated rings. The molecule has 1 aromatic rings. The van der Waals surface area contributed by atoms with Gasteiger partial charge in [-0.15, -0.1) is 11.8 Å². The molecule has 1 N–H and O–H groups in total. The molecule has 1 atom stereocenters. The zero-order valence-electron chi connectivity index (χ0n) is 10.1. The summed E-state index contributed by atoms with van der Waals surface area (Å²) in [6.45, 7) is 4.52. The van der Waals surface area contributed by atoms with Crippen LogP contribution in [0, 0.1) is 0 Å². The second-order valence-electron chi connectivity index (χ2n) is 3.75. The third kappa shape index (κ3) is 6.46. The monoisotopic (exact) mass is 255 g/mol. The summed E-state index contributed by atoms with van der Waals surface area (Å²) in [5.74, 6) is 1.15. The number of nitrogens with one attached hydrogen (secondary N) is 1. The van der Waals surface area contributed by atoms with Crippen LogP contribution in [-0.4, -0.2) is 30.3 Å². The molecule has 0 heterocycles. The first-order chi connectivity index (χ1) is 7.83. The highest BCUT2D eigenvalue weighted by Crippen LogP contribution is 2.15. The molecule has 0 aliphatic heterocycles. The first-order valence-corrected chi connectivity index (χ1v) is 8.01. The predicted octanol–water partition coefficient (Wildman–Crippen LogP) is 3.51. The van der Waals surface area contributed by atoms with Gasteiger partial charge in [0.15, 0.2) is 0 Å². The standard InChI is InChI=1S/C13H21NS2/c1-12(15-2)8-9-14-10-11-16-13-6-4-3-5-7-13/h3-7,12,14H,8-11H2,1-2H3. The maximum atomic E-state index is 3.49. The van der Waals surface area contributed by atoms with Gasteiger partial charge in [-0.2, -0.15) is 11.8 Å². The van der Waals surface area contributed by atoms with Crippen molar-refractivity contribution in [1.29, 1.82) is 0 Å². The lowest BCUT2D eigenvalue weighted by Crippen LogP contribution is -2.20. The van der Waals surface area contributed by atoms with Gasteiger partial charge in [0.1, 0.15) is 0 Å². The van der Waals surface area contributed by atoms with Crippen LogP contribution in [0.15, 0.2) is 35.2 Å². The van der Waals surface area contributed by atoms with E-state index in [1.54, 1.807) is 0 Å². The molecule has 0 aliphatic rings. The Kier molecular flexibility index (Phi) is 7.81. The molecular formula is C13H21NS2. The van der Waals surface area contributed by atoms with Crippen molar-refractivity contribution in [3.8, 4) is 0 Å². The summed E-state index contributed by atoms with van der Waals surface area (Å²) >= 11 is 3.86. The highest BCUT2D eigenvalue weighted by atomic mass is 32.2. The molecule has 1 rings (SSSR count). The largest absolute Gasteiger partial charge is 0.316 e. The Morgan fingerprint density at radius 1 is 1.19 bits per heavy atom. The van der Waals surface area contributed by atoms with Gasteiger partial charge in [0, 0.05) is 22.4 Å². The smallest absolute Gasteiger partial charge is 0.0106 e. The fraction of sp³-hybridized carbons (Fsp3) is 0.538. The SMILES string of the molecule is CSC(C)CCNCCSc1ccccc1. The molecule has 3 heteroatoms. The third-order valence-electron chi connectivity index (χ3n) is 2.42. The first kappa shape index (κ1) is 13.9. The zero-order valence-corrected chi connectivity index (χ0v) is 11.7. The second kappa shape index (κ2) is 8.97. The number of rotatable bonds is 8. The van der Waals surface area contributed by atoms with Gasteiger partial charge in [0.25, 0.3) is 0 Å². The minimum atomic E-state index is 0.772. The summed E-state index contributed by atoms with van der Waals surface area (Å²) in [7, 11) is 0. The van der Waals surface area contributed by atoms with Gasteiger partial charge in [0.2, 0.25) is 0 Å². The molecule has 1 unspecified atom stereocenters. The topological polar surface area (TPSA) is 12.0 Å². The van der Waals surface area contributed by atoms with E-state index in [-0.39, 0.29) is 0 Å². The van der Waals surface area contributed by atoms with Crippen molar-refractivity contribution in [1.82, 2.24) is 5.32 Å². The number of benzene rings is 1. The molecule has 1 aromatic carbocycles. The van der Waals surface area contributed by atoms with E-state index >= 15 is 0 Å². The average molecular weight is 255 g/mol. The van der Waals surface area contributed by atoms with Crippen molar-refractivity contribution in [3.63, 3.8) is 0 Å². The highest BCUT2D eigenvalue weighted by molar-refractivity contribution is 7.99. The lowest BCUT2D eigenvalue weighted by Gasteiger charge is -2.08. The fourth-order valence-corrected chi connectivity index (χ4v) is 2.49. The maximum absolute atomic E-state index is 3.49. The van der Waals surface area contributed by atoms with Crippen LogP contribution in [0.2, 0.25) is 0 Å². The lowest BCUT2D eigenvalue weighted by atomic mass is 10.3. The Balaban J connectivity index is 1.96. The van der Waals surface area contributed by atoms with Crippen LogP contribution in [0.4, 0.5) is 0 Å². The molecular weight excluding hydrogens is 234 g/mol. The van der Waals surface area contributed by atoms with Gasteiger partial charge in [-0.1, -0.05) is 25.1 Å². The van der Waals surface area contributed by atoms with Gasteiger partial charge in [-0.05, 0) is 31.4 Å². The summed E-state index contributed by atoms with van der Waals surface area (Å²) < 4.78 is 0. The second-order valence-corrected chi connectivity index (χ2v) is 6.19. The summed E-state index contributed by atoms with van der Waals surface area (Å²) in [6.07, 6.45) is 3.44. The van der Waals surface area contributed by atoms with E-state index < -0.39 is 0 Å². The Bertz CT molecular complexity index is 264. The molecule has 0 radical (unpaired) electrons. The van der Waals surface area contributed by atoms with E-state index in [0.29, 0.717) is 0 Å². The normalized spacial score (nSPS) is 12.6. The number of thioether (sulfide) groups is 2. The van der Waals surface area contributed by atoms with Crippen LogP contribution in [0.25, 0.3) is 0 Å². The van der Waals surface area contributed by atoms with E-state index in [0.717, 1.165) is 24.1 Å². The molecule has 0 spiro atoms. The van der Waals surface area contributed by atoms with Gasteiger partial charge in [-0.25, -0.2) is 0 Å². The maximum Gasteiger partial charge on any atom is 0.0106 e. The number of hydrogen-bond acceptors (Lipinski definition) is 3. The van der Waals surface area contributed by atoms with E-state index in [1.165, 1.54) is 11.3 Å². The van der Waals surface area contributed by atoms with Gasteiger partial charge in [-0.3, -0.25) is 0 Å². The molecule has 0 saturated heterocycles. The molecule has 0 aliphatic carbocycles. The van der Waals surface area contributed by atoms with E-state index in [2.05, 4.69) is 48.8 Å². The van der Waals surface area contributed by atoms with Gasteiger partial charge >= 0.3 is 0 Å². The summed E-state index contributed by atoms with van der Waals surface area (Å²) in [6, 6.07) is 10.6. The molecule has 90 valence electrons. The van der Waals surface area contributed by atoms with Crippen LogP contribution >= 0.6 is 23.5 Å². The van der Waals surface area contributed by atoms with E-state index in [1.807, 2.05) is 23.5 Å². The Labute approximate surface area is 108 Å². The predicted molar refractivity (Wildman–Crippen MR) is 77.6 cm³/mol. The van der Waals surface area contributed by atoms with Crippen LogP contribution in [0.3, 0.4) is 0 Å².